The molecule has 15 heavy (non-hydrogen) atoms. The maximum absolute atomic E-state index is 5.90. The summed E-state index contributed by atoms with van der Waals surface area (Å²) in [6, 6.07) is 0.836. The second-order valence-corrected chi connectivity index (χ2v) is 5.06. The van der Waals surface area contributed by atoms with Crippen LogP contribution in [0.4, 0.5) is 0 Å². The molecule has 2 unspecified atom stereocenters. The predicted octanol–water partition coefficient (Wildman–Crippen LogP) is 2.82. The lowest BCUT2D eigenvalue weighted by atomic mass is 9.92. The van der Waals surface area contributed by atoms with E-state index in [9.17, 15) is 0 Å². The molecule has 2 nitrogen and oxygen atoms in total. The van der Waals surface area contributed by atoms with Crippen LogP contribution in [-0.4, -0.2) is 36.7 Å². The molecule has 1 saturated heterocycles. The summed E-state index contributed by atoms with van der Waals surface area (Å²) in [5.74, 6) is 0. The van der Waals surface area contributed by atoms with Crippen LogP contribution in [0.1, 0.15) is 51.9 Å². The van der Waals surface area contributed by atoms with Gasteiger partial charge < -0.3 is 9.64 Å². The second-order valence-electron chi connectivity index (χ2n) is 5.06. The standard InChI is InChI=1S/C13H25NO/c1-2-10-15-13-7-5-6-12(11-13)14-8-3-4-9-14/h12-13H,2-11H2,1H3. The highest BCUT2D eigenvalue weighted by atomic mass is 16.5. The molecule has 0 bridgehead atoms. The highest BCUT2D eigenvalue weighted by Crippen LogP contribution is 2.27. The summed E-state index contributed by atoms with van der Waals surface area (Å²) < 4.78 is 5.90. The van der Waals surface area contributed by atoms with Crippen LogP contribution < -0.4 is 0 Å². The molecule has 2 heteroatoms. The molecule has 88 valence electrons. The molecular formula is C13H25NO. The molecule has 0 aromatic rings. The van der Waals surface area contributed by atoms with Gasteiger partial charge in [0.2, 0.25) is 0 Å². The zero-order valence-electron chi connectivity index (χ0n) is 10.1. The Morgan fingerprint density at radius 3 is 2.67 bits per heavy atom. The van der Waals surface area contributed by atoms with E-state index in [1.54, 1.807) is 0 Å². The summed E-state index contributed by atoms with van der Waals surface area (Å²) in [5, 5.41) is 0. The average molecular weight is 211 g/mol. The van der Waals surface area contributed by atoms with Gasteiger partial charge in [0.15, 0.2) is 0 Å². The lowest BCUT2D eigenvalue weighted by Gasteiger charge is -2.35. The van der Waals surface area contributed by atoms with E-state index in [2.05, 4.69) is 11.8 Å². The van der Waals surface area contributed by atoms with Gasteiger partial charge in [-0.3, -0.25) is 0 Å². The van der Waals surface area contributed by atoms with Crippen molar-refractivity contribution in [2.24, 2.45) is 0 Å². The summed E-state index contributed by atoms with van der Waals surface area (Å²) in [7, 11) is 0. The van der Waals surface area contributed by atoms with Crippen molar-refractivity contribution in [3.05, 3.63) is 0 Å². The highest BCUT2D eigenvalue weighted by molar-refractivity contribution is 4.83. The minimum absolute atomic E-state index is 0.560. The van der Waals surface area contributed by atoms with E-state index < -0.39 is 0 Å². The molecule has 0 radical (unpaired) electrons. The van der Waals surface area contributed by atoms with E-state index in [-0.39, 0.29) is 0 Å². The first kappa shape index (κ1) is 11.4. The van der Waals surface area contributed by atoms with E-state index in [0.29, 0.717) is 6.10 Å². The molecule has 2 fully saturated rings. The summed E-state index contributed by atoms with van der Waals surface area (Å²) in [6.45, 7) is 5.83. The van der Waals surface area contributed by atoms with Gasteiger partial charge in [-0.25, -0.2) is 0 Å². The third kappa shape index (κ3) is 3.18. The van der Waals surface area contributed by atoms with Gasteiger partial charge in [0.25, 0.3) is 0 Å². The number of hydrogen-bond acceptors (Lipinski definition) is 2. The molecular weight excluding hydrogens is 186 g/mol. The molecule has 0 aromatic carbocycles. The van der Waals surface area contributed by atoms with Gasteiger partial charge >= 0.3 is 0 Å². The Morgan fingerprint density at radius 2 is 1.93 bits per heavy atom. The minimum atomic E-state index is 0.560. The second kappa shape index (κ2) is 5.86. The van der Waals surface area contributed by atoms with Crippen LogP contribution >= 0.6 is 0 Å². The largest absolute Gasteiger partial charge is 0.378 e. The molecule has 0 amide bonds. The molecule has 0 N–H and O–H groups in total. The molecule has 0 spiro atoms. The fraction of sp³-hybridized carbons (Fsp3) is 1.00. The first-order chi connectivity index (χ1) is 7.40. The summed E-state index contributed by atoms with van der Waals surface area (Å²) >= 11 is 0. The summed E-state index contributed by atoms with van der Waals surface area (Å²) in [4.78, 5) is 2.70. The van der Waals surface area contributed by atoms with Crippen molar-refractivity contribution >= 4 is 0 Å². The quantitative estimate of drug-likeness (QED) is 0.709. The van der Waals surface area contributed by atoms with Gasteiger partial charge in [0, 0.05) is 12.6 Å². The van der Waals surface area contributed by atoms with Crippen molar-refractivity contribution in [3.63, 3.8) is 0 Å². The normalized spacial score (nSPS) is 33.4. The van der Waals surface area contributed by atoms with Gasteiger partial charge in [-0.05, 0) is 58.0 Å². The fourth-order valence-electron chi connectivity index (χ4n) is 2.99. The van der Waals surface area contributed by atoms with Crippen LogP contribution in [0.3, 0.4) is 0 Å². The van der Waals surface area contributed by atoms with E-state index >= 15 is 0 Å². The van der Waals surface area contributed by atoms with E-state index in [1.807, 2.05) is 0 Å². The van der Waals surface area contributed by atoms with Crippen molar-refractivity contribution in [3.8, 4) is 0 Å². The Hall–Kier alpha value is -0.0800. The zero-order valence-corrected chi connectivity index (χ0v) is 10.1. The Balaban J connectivity index is 1.75. The Kier molecular flexibility index (Phi) is 4.45. The zero-order chi connectivity index (χ0) is 10.5. The number of nitrogens with zero attached hydrogens (tertiary/aromatic N) is 1. The topological polar surface area (TPSA) is 12.5 Å². The monoisotopic (exact) mass is 211 g/mol. The number of likely N-dealkylation sites (tertiary alicyclic amines) is 1. The minimum Gasteiger partial charge on any atom is -0.378 e. The van der Waals surface area contributed by atoms with Gasteiger partial charge in [-0.1, -0.05) is 6.92 Å². The van der Waals surface area contributed by atoms with Crippen molar-refractivity contribution in [1.82, 2.24) is 4.90 Å². The Morgan fingerprint density at radius 1 is 1.13 bits per heavy atom. The SMILES string of the molecule is CCCOC1CCCC(N2CCCC2)C1. The van der Waals surface area contributed by atoms with Crippen molar-refractivity contribution in [2.75, 3.05) is 19.7 Å². The van der Waals surface area contributed by atoms with Crippen molar-refractivity contribution < 1.29 is 4.74 Å². The third-order valence-corrected chi connectivity index (χ3v) is 3.81. The number of rotatable bonds is 4. The van der Waals surface area contributed by atoms with E-state index in [1.165, 1.54) is 51.6 Å². The van der Waals surface area contributed by atoms with Gasteiger partial charge in [-0.2, -0.15) is 0 Å². The van der Waals surface area contributed by atoms with Gasteiger partial charge in [0.1, 0.15) is 0 Å². The van der Waals surface area contributed by atoms with Crippen LogP contribution in [-0.2, 0) is 4.74 Å². The number of hydrogen-bond donors (Lipinski definition) is 0. The molecule has 1 aliphatic heterocycles. The summed E-state index contributed by atoms with van der Waals surface area (Å²) in [5.41, 5.74) is 0. The van der Waals surface area contributed by atoms with Gasteiger partial charge in [-0.15, -0.1) is 0 Å². The first-order valence-corrected chi connectivity index (χ1v) is 6.76. The molecule has 0 aromatic heterocycles. The lowest BCUT2D eigenvalue weighted by molar-refractivity contribution is 0.00271. The molecule has 1 aliphatic carbocycles. The van der Waals surface area contributed by atoms with Crippen molar-refractivity contribution in [1.29, 1.82) is 0 Å². The maximum Gasteiger partial charge on any atom is 0.0590 e. The van der Waals surface area contributed by atoms with Crippen LogP contribution in [0.25, 0.3) is 0 Å². The third-order valence-electron chi connectivity index (χ3n) is 3.81. The fourth-order valence-corrected chi connectivity index (χ4v) is 2.99. The maximum atomic E-state index is 5.90. The highest BCUT2D eigenvalue weighted by Gasteiger charge is 2.28. The van der Waals surface area contributed by atoms with Crippen molar-refractivity contribution in [2.45, 2.75) is 64.0 Å². The van der Waals surface area contributed by atoms with Crippen LogP contribution in [0, 0.1) is 0 Å². The van der Waals surface area contributed by atoms with Gasteiger partial charge in [0.05, 0.1) is 6.10 Å². The van der Waals surface area contributed by atoms with E-state index in [0.717, 1.165) is 19.1 Å². The molecule has 1 saturated carbocycles. The van der Waals surface area contributed by atoms with Crippen LogP contribution in [0.5, 0.6) is 0 Å². The molecule has 2 rings (SSSR count). The number of ether oxygens (including phenoxy) is 1. The lowest BCUT2D eigenvalue weighted by Crippen LogP contribution is -2.39. The molecule has 2 atom stereocenters. The Labute approximate surface area is 94.0 Å². The Bertz CT molecular complexity index is 177. The first-order valence-electron chi connectivity index (χ1n) is 6.76. The van der Waals surface area contributed by atoms with E-state index in [4.69, 9.17) is 4.74 Å². The van der Waals surface area contributed by atoms with Crippen LogP contribution in [0.2, 0.25) is 0 Å². The van der Waals surface area contributed by atoms with Crippen LogP contribution in [0.15, 0.2) is 0 Å². The summed E-state index contributed by atoms with van der Waals surface area (Å²) in [6.07, 6.45) is 9.91. The average Bonchev–Trinajstić information content (AvgIpc) is 2.80. The smallest absolute Gasteiger partial charge is 0.0590 e. The predicted molar refractivity (Wildman–Crippen MR) is 63.1 cm³/mol. The molecule has 2 aliphatic rings. The molecule has 1 heterocycles.